The Morgan fingerprint density at radius 2 is 1.93 bits per heavy atom. The van der Waals surface area contributed by atoms with E-state index in [4.69, 9.17) is 0 Å². The molecule has 1 aromatic carbocycles. The van der Waals surface area contributed by atoms with Crippen LogP contribution >= 0.6 is 0 Å². The fourth-order valence-electron chi connectivity index (χ4n) is 2.29. The molecule has 140 valence electrons. The third-order valence-electron chi connectivity index (χ3n) is 3.33. The molecule has 0 aliphatic heterocycles. The lowest BCUT2D eigenvalue weighted by molar-refractivity contribution is -0.117. The molecule has 0 saturated heterocycles. The maximum atomic E-state index is 12.3. The second-order valence-electron chi connectivity index (χ2n) is 5.64. The normalized spacial score (nSPS) is 11.1. The summed E-state index contributed by atoms with van der Waals surface area (Å²) in [6.07, 6.45) is 4.27. The second-order valence-corrected chi connectivity index (χ2v) is 7.39. The van der Waals surface area contributed by atoms with Crippen molar-refractivity contribution in [3.8, 4) is 5.82 Å². The average molecular weight is 388 g/mol. The van der Waals surface area contributed by atoms with E-state index >= 15 is 0 Å². The summed E-state index contributed by atoms with van der Waals surface area (Å²) in [5.41, 5.74) is 0.254. The Kier molecular flexibility index (Phi) is 5.03. The van der Waals surface area contributed by atoms with Gasteiger partial charge in [-0.05, 0) is 30.3 Å². The van der Waals surface area contributed by atoms with E-state index in [1.54, 1.807) is 36.7 Å². The van der Waals surface area contributed by atoms with Crippen LogP contribution in [0.2, 0.25) is 0 Å². The molecule has 27 heavy (non-hydrogen) atoms. The lowest BCUT2D eigenvalue weighted by Crippen LogP contribution is -2.30. The van der Waals surface area contributed by atoms with Crippen LogP contribution in [0.25, 0.3) is 5.82 Å². The van der Waals surface area contributed by atoms with Crippen molar-refractivity contribution in [1.82, 2.24) is 19.6 Å². The van der Waals surface area contributed by atoms with Crippen LogP contribution < -0.4 is 15.6 Å². The fraction of sp³-hybridized carbons (Fsp3) is 0.125. The summed E-state index contributed by atoms with van der Waals surface area (Å²) < 4.78 is 27.4. The van der Waals surface area contributed by atoms with Crippen LogP contribution in [0.4, 0.5) is 11.4 Å². The van der Waals surface area contributed by atoms with Crippen molar-refractivity contribution >= 4 is 27.3 Å². The minimum Gasteiger partial charge on any atom is -0.324 e. The number of aromatic nitrogens is 4. The van der Waals surface area contributed by atoms with E-state index in [1.165, 1.54) is 22.9 Å². The zero-order valence-electron chi connectivity index (χ0n) is 14.2. The Bertz CT molecular complexity index is 1120. The minimum atomic E-state index is -3.43. The highest BCUT2D eigenvalue weighted by Crippen LogP contribution is 2.16. The van der Waals surface area contributed by atoms with E-state index in [9.17, 15) is 18.0 Å². The zero-order chi connectivity index (χ0) is 19.4. The van der Waals surface area contributed by atoms with Crippen molar-refractivity contribution in [2.75, 3.05) is 16.3 Å². The van der Waals surface area contributed by atoms with E-state index in [-0.39, 0.29) is 6.54 Å². The maximum absolute atomic E-state index is 12.3. The summed E-state index contributed by atoms with van der Waals surface area (Å²) in [6.45, 7) is -0.308. The molecule has 0 fully saturated rings. The van der Waals surface area contributed by atoms with Gasteiger partial charge in [-0.25, -0.2) is 17.8 Å². The summed E-state index contributed by atoms with van der Waals surface area (Å²) >= 11 is 0. The first kappa shape index (κ1) is 18.3. The van der Waals surface area contributed by atoms with Crippen LogP contribution in [0, 0.1) is 0 Å². The molecule has 3 aromatic rings. The summed E-state index contributed by atoms with van der Waals surface area (Å²) in [6, 6.07) is 10.7. The van der Waals surface area contributed by atoms with Gasteiger partial charge in [-0.2, -0.15) is 5.10 Å². The van der Waals surface area contributed by atoms with Gasteiger partial charge in [-0.3, -0.25) is 14.3 Å². The van der Waals surface area contributed by atoms with E-state index in [2.05, 4.69) is 20.2 Å². The van der Waals surface area contributed by atoms with Crippen molar-refractivity contribution < 1.29 is 13.2 Å². The number of rotatable bonds is 6. The molecular formula is C16H16N6O4S. The molecule has 0 atom stereocenters. The average Bonchev–Trinajstić information content (AvgIpc) is 3.10. The Morgan fingerprint density at radius 3 is 2.63 bits per heavy atom. The molecule has 10 nitrogen and oxygen atoms in total. The lowest BCUT2D eigenvalue weighted by atomic mass is 10.3. The van der Waals surface area contributed by atoms with Crippen LogP contribution in [0.5, 0.6) is 0 Å². The van der Waals surface area contributed by atoms with Gasteiger partial charge in [-0.15, -0.1) is 5.10 Å². The Balaban J connectivity index is 1.74. The Hall–Kier alpha value is -3.47. The predicted molar refractivity (Wildman–Crippen MR) is 99.2 cm³/mol. The van der Waals surface area contributed by atoms with Crippen molar-refractivity contribution in [2.24, 2.45) is 0 Å². The van der Waals surface area contributed by atoms with Crippen LogP contribution in [-0.2, 0) is 21.4 Å². The van der Waals surface area contributed by atoms with Crippen molar-refractivity contribution in [3.05, 3.63) is 65.2 Å². The summed E-state index contributed by atoms with van der Waals surface area (Å²) in [5.74, 6) is -0.0922. The first-order valence-electron chi connectivity index (χ1n) is 7.76. The first-order valence-corrected chi connectivity index (χ1v) is 9.65. The number of hydrogen-bond donors (Lipinski definition) is 2. The monoisotopic (exact) mass is 388 g/mol. The zero-order valence-corrected chi connectivity index (χ0v) is 15.0. The first-order chi connectivity index (χ1) is 12.8. The van der Waals surface area contributed by atoms with E-state index in [1.807, 2.05) is 0 Å². The largest absolute Gasteiger partial charge is 0.324 e. The molecule has 11 heteroatoms. The molecule has 2 aromatic heterocycles. The van der Waals surface area contributed by atoms with E-state index in [0.717, 1.165) is 10.9 Å². The van der Waals surface area contributed by atoms with Gasteiger partial charge in [0, 0.05) is 24.1 Å². The number of anilines is 2. The van der Waals surface area contributed by atoms with Gasteiger partial charge in [0.15, 0.2) is 5.82 Å². The highest BCUT2D eigenvalue weighted by Gasteiger charge is 2.09. The molecule has 1 amide bonds. The molecule has 0 bridgehead atoms. The quantitative estimate of drug-likeness (QED) is 0.631. The molecule has 0 aliphatic carbocycles. The van der Waals surface area contributed by atoms with Gasteiger partial charge in [0.2, 0.25) is 15.9 Å². The van der Waals surface area contributed by atoms with E-state index in [0.29, 0.717) is 17.2 Å². The van der Waals surface area contributed by atoms with Crippen molar-refractivity contribution in [2.45, 2.75) is 6.54 Å². The fourth-order valence-corrected chi connectivity index (χ4v) is 2.84. The number of nitrogens with zero attached hydrogens (tertiary/aromatic N) is 4. The van der Waals surface area contributed by atoms with Gasteiger partial charge in [0.25, 0.3) is 5.56 Å². The van der Waals surface area contributed by atoms with E-state index < -0.39 is 21.5 Å². The summed E-state index contributed by atoms with van der Waals surface area (Å²) in [7, 11) is -3.43. The number of sulfonamides is 1. The minimum absolute atomic E-state index is 0.308. The van der Waals surface area contributed by atoms with Crippen LogP contribution in [0.3, 0.4) is 0 Å². The molecule has 3 rings (SSSR count). The maximum Gasteiger partial charge on any atom is 0.267 e. The molecular weight excluding hydrogens is 372 g/mol. The number of amides is 1. The van der Waals surface area contributed by atoms with Crippen LogP contribution in [0.1, 0.15) is 0 Å². The number of nitrogens with one attached hydrogen (secondary N) is 2. The molecule has 2 heterocycles. The second kappa shape index (κ2) is 7.41. The smallest absolute Gasteiger partial charge is 0.267 e. The standard InChI is InChI=1S/C16H16N6O4S/c1-27(25,26)20-13-5-2-4-12(10-13)18-15(23)11-22-16(24)7-6-14(19-22)21-9-3-8-17-21/h2-10,20H,11H2,1H3,(H,18,23). The predicted octanol–water partition coefficient (Wildman–Crippen LogP) is 0.439. The number of carbonyl (C=O) groups is 1. The number of benzene rings is 1. The van der Waals surface area contributed by atoms with Crippen LogP contribution in [-0.4, -0.2) is 40.1 Å². The third-order valence-corrected chi connectivity index (χ3v) is 3.94. The SMILES string of the molecule is CS(=O)(=O)Nc1cccc(NC(=O)Cn2nc(-n3cccn3)ccc2=O)c1. The van der Waals surface area contributed by atoms with Gasteiger partial charge >= 0.3 is 0 Å². The topological polar surface area (TPSA) is 128 Å². The van der Waals surface area contributed by atoms with Crippen molar-refractivity contribution in [3.63, 3.8) is 0 Å². The molecule has 0 radical (unpaired) electrons. The Morgan fingerprint density at radius 1 is 1.15 bits per heavy atom. The van der Waals surface area contributed by atoms with Crippen molar-refractivity contribution in [1.29, 1.82) is 0 Å². The van der Waals surface area contributed by atoms with Gasteiger partial charge in [0.05, 0.1) is 11.9 Å². The van der Waals surface area contributed by atoms with Gasteiger partial charge in [0.1, 0.15) is 6.54 Å². The molecule has 0 saturated carbocycles. The highest BCUT2D eigenvalue weighted by atomic mass is 32.2. The third kappa shape index (κ3) is 5.01. The lowest BCUT2D eigenvalue weighted by Gasteiger charge is -2.10. The number of hydrogen-bond acceptors (Lipinski definition) is 6. The number of carbonyl (C=O) groups excluding carboxylic acids is 1. The van der Waals surface area contributed by atoms with Crippen LogP contribution in [0.15, 0.2) is 59.7 Å². The van der Waals surface area contributed by atoms with Gasteiger partial charge in [-0.1, -0.05) is 6.07 Å². The summed E-state index contributed by atoms with van der Waals surface area (Å²) in [4.78, 5) is 24.2. The Labute approximate surface area is 154 Å². The molecule has 0 spiro atoms. The van der Waals surface area contributed by atoms with Gasteiger partial charge < -0.3 is 5.32 Å². The molecule has 0 aliphatic rings. The molecule has 2 N–H and O–H groups in total. The highest BCUT2D eigenvalue weighted by molar-refractivity contribution is 7.92. The molecule has 0 unspecified atom stereocenters. The summed E-state index contributed by atoms with van der Waals surface area (Å²) in [5, 5.41) is 10.7.